The molecule has 0 saturated carbocycles. The van der Waals surface area contributed by atoms with Gasteiger partial charge in [-0.1, -0.05) is 6.07 Å². The van der Waals surface area contributed by atoms with Gasteiger partial charge in [0, 0.05) is 29.0 Å². The molecule has 0 atom stereocenters. The van der Waals surface area contributed by atoms with E-state index in [9.17, 15) is 4.79 Å². The summed E-state index contributed by atoms with van der Waals surface area (Å²) in [6.45, 7) is 0.585. The summed E-state index contributed by atoms with van der Waals surface area (Å²) in [7, 11) is 1.57. The second kappa shape index (κ2) is 6.38. The van der Waals surface area contributed by atoms with Crippen molar-refractivity contribution in [2.24, 2.45) is 0 Å². The Bertz CT molecular complexity index is 614. The van der Waals surface area contributed by atoms with Crippen LogP contribution in [0, 0.1) is 0 Å². The average Bonchev–Trinajstić information content (AvgIpc) is 2.46. The largest absolute Gasteiger partial charge is 0.481 e. The van der Waals surface area contributed by atoms with Gasteiger partial charge < -0.3 is 15.2 Å². The normalized spacial score (nSPS) is 10.1. The molecule has 1 aromatic carbocycles. The molecule has 0 aliphatic carbocycles. The van der Waals surface area contributed by atoms with Crippen LogP contribution < -0.4 is 10.1 Å². The molecule has 5 nitrogen and oxygen atoms in total. The lowest BCUT2D eigenvalue weighted by Crippen LogP contribution is -2.02. The maximum absolute atomic E-state index is 10.8. The van der Waals surface area contributed by atoms with Gasteiger partial charge in [0.05, 0.1) is 12.7 Å². The molecule has 1 heterocycles. The summed E-state index contributed by atoms with van der Waals surface area (Å²) >= 11 is 3.35. The van der Waals surface area contributed by atoms with Crippen LogP contribution in [0.2, 0.25) is 0 Å². The van der Waals surface area contributed by atoms with Crippen LogP contribution in [-0.2, 0) is 6.54 Å². The number of aromatic carboxylic acids is 1. The zero-order valence-electron chi connectivity index (χ0n) is 10.8. The number of halogens is 1. The van der Waals surface area contributed by atoms with Gasteiger partial charge in [0.25, 0.3) is 0 Å². The van der Waals surface area contributed by atoms with E-state index in [0.717, 1.165) is 11.3 Å². The van der Waals surface area contributed by atoms with Gasteiger partial charge in [0.2, 0.25) is 5.88 Å². The Balaban J connectivity index is 2.04. The number of carboxylic acid groups (broad SMARTS) is 1. The number of hydrogen-bond acceptors (Lipinski definition) is 4. The summed E-state index contributed by atoms with van der Waals surface area (Å²) < 4.78 is 5.70. The highest BCUT2D eigenvalue weighted by Crippen LogP contribution is 2.24. The molecule has 0 spiro atoms. The molecule has 2 aromatic rings. The van der Waals surface area contributed by atoms with E-state index >= 15 is 0 Å². The SMILES string of the molecule is COc1ccc(CNc2ccc(C(=O)O)cc2Br)cn1. The number of pyridine rings is 1. The zero-order chi connectivity index (χ0) is 14.5. The maximum atomic E-state index is 10.8. The minimum atomic E-state index is -0.948. The third kappa shape index (κ3) is 3.48. The van der Waals surface area contributed by atoms with Crippen molar-refractivity contribution >= 4 is 27.6 Å². The molecule has 2 rings (SSSR count). The van der Waals surface area contributed by atoms with Gasteiger partial charge in [0.1, 0.15) is 0 Å². The molecule has 6 heteroatoms. The first kappa shape index (κ1) is 14.3. The van der Waals surface area contributed by atoms with Crippen LogP contribution in [-0.4, -0.2) is 23.2 Å². The number of nitrogens with one attached hydrogen (secondary N) is 1. The van der Waals surface area contributed by atoms with E-state index in [2.05, 4.69) is 26.2 Å². The van der Waals surface area contributed by atoms with Crippen LogP contribution in [0.4, 0.5) is 5.69 Å². The van der Waals surface area contributed by atoms with Gasteiger partial charge in [0.15, 0.2) is 0 Å². The molecular weight excluding hydrogens is 324 g/mol. The number of carbonyl (C=O) groups is 1. The Hall–Kier alpha value is -2.08. The molecule has 104 valence electrons. The fourth-order valence-corrected chi connectivity index (χ4v) is 2.14. The quantitative estimate of drug-likeness (QED) is 0.877. The van der Waals surface area contributed by atoms with Crippen LogP contribution in [0.15, 0.2) is 41.0 Å². The third-order valence-corrected chi connectivity index (χ3v) is 3.36. The lowest BCUT2D eigenvalue weighted by atomic mass is 10.2. The van der Waals surface area contributed by atoms with Crippen LogP contribution in [0.3, 0.4) is 0 Å². The number of hydrogen-bond donors (Lipinski definition) is 2. The van der Waals surface area contributed by atoms with Crippen LogP contribution >= 0.6 is 15.9 Å². The molecule has 0 unspecified atom stereocenters. The lowest BCUT2D eigenvalue weighted by Gasteiger charge is -2.09. The fourth-order valence-electron chi connectivity index (χ4n) is 1.63. The van der Waals surface area contributed by atoms with Gasteiger partial charge in [-0.15, -0.1) is 0 Å². The Morgan fingerprint density at radius 3 is 2.75 bits per heavy atom. The summed E-state index contributed by atoms with van der Waals surface area (Å²) in [6.07, 6.45) is 1.73. The molecule has 0 saturated heterocycles. The fraction of sp³-hybridized carbons (Fsp3) is 0.143. The van der Waals surface area contributed by atoms with E-state index in [-0.39, 0.29) is 5.56 Å². The zero-order valence-corrected chi connectivity index (χ0v) is 12.3. The summed E-state index contributed by atoms with van der Waals surface area (Å²) in [5, 5.41) is 12.1. The Morgan fingerprint density at radius 1 is 1.40 bits per heavy atom. The van der Waals surface area contributed by atoms with Crippen LogP contribution in [0.25, 0.3) is 0 Å². The molecule has 0 aliphatic heterocycles. The van der Waals surface area contributed by atoms with Crippen LogP contribution in [0.1, 0.15) is 15.9 Å². The predicted octanol–water partition coefficient (Wildman–Crippen LogP) is 3.16. The van der Waals surface area contributed by atoms with Gasteiger partial charge >= 0.3 is 5.97 Å². The van der Waals surface area contributed by atoms with E-state index in [1.54, 1.807) is 37.6 Å². The van der Waals surface area contributed by atoms with Crippen molar-refractivity contribution in [2.75, 3.05) is 12.4 Å². The first-order chi connectivity index (χ1) is 9.60. The molecule has 2 N–H and O–H groups in total. The highest BCUT2D eigenvalue weighted by molar-refractivity contribution is 9.10. The monoisotopic (exact) mass is 336 g/mol. The second-order valence-corrected chi connectivity index (χ2v) is 4.92. The van der Waals surface area contributed by atoms with Gasteiger partial charge in [-0.2, -0.15) is 0 Å². The van der Waals surface area contributed by atoms with E-state index < -0.39 is 5.97 Å². The van der Waals surface area contributed by atoms with Gasteiger partial charge in [-0.3, -0.25) is 0 Å². The molecular formula is C14H13BrN2O3. The number of benzene rings is 1. The van der Waals surface area contributed by atoms with Crippen molar-refractivity contribution < 1.29 is 14.6 Å². The smallest absolute Gasteiger partial charge is 0.335 e. The van der Waals surface area contributed by atoms with Crippen molar-refractivity contribution in [1.82, 2.24) is 4.98 Å². The van der Waals surface area contributed by atoms with Crippen molar-refractivity contribution in [3.05, 3.63) is 52.1 Å². The summed E-state index contributed by atoms with van der Waals surface area (Å²) in [5.41, 5.74) is 2.07. The first-order valence-electron chi connectivity index (χ1n) is 5.86. The van der Waals surface area contributed by atoms with Gasteiger partial charge in [-0.05, 0) is 39.7 Å². The summed E-state index contributed by atoms with van der Waals surface area (Å²) in [4.78, 5) is 15.0. The van der Waals surface area contributed by atoms with Crippen LogP contribution in [0.5, 0.6) is 5.88 Å². The number of carboxylic acids is 1. The number of anilines is 1. The number of nitrogens with zero attached hydrogens (tertiary/aromatic N) is 1. The minimum Gasteiger partial charge on any atom is -0.481 e. The van der Waals surface area contributed by atoms with Crippen molar-refractivity contribution in [2.45, 2.75) is 6.54 Å². The molecule has 20 heavy (non-hydrogen) atoms. The number of rotatable bonds is 5. The second-order valence-electron chi connectivity index (χ2n) is 4.06. The number of methoxy groups -OCH3 is 1. The molecule has 0 fully saturated rings. The van der Waals surface area contributed by atoms with E-state index in [1.165, 1.54) is 0 Å². The summed E-state index contributed by atoms with van der Waals surface area (Å²) in [5.74, 6) is -0.377. The van der Waals surface area contributed by atoms with E-state index in [0.29, 0.717) is 16.9 Å². The predicted molar refractivity (Wildman–Crippen MR) is 79.2 cm³/mol. The number of ether oxygens (including phenoxy) is 1. The molecule has 0 amide bonds. The third-order valence-electron chi connectivity index (χ3n) is 2.71. The van der Waals surface area contributed by atoms with Crippen molar-refractivity contribution in [3.8, 4) is 5.88 Å². The Labute approximate surface area is 124 Å². The maximum Gasteiger partial charge on any atom is 0.335 e. The summed E-state index contributed by atoms with van der Waals surface area (Å²) in [6, 6.07) is 8.56. The minimum absolute atomic E-state index is 0.244. The Morgan fingerprint density at radius 2 is 2.20 bits per heavy atom. The van der Waals surface area contributed by atoms with Crippen molar-refractivity contribution in [3.63, 3.8) is 0 Å². The highest BCUT2D eigenvalue weighted by atomic mass is 79.9. The average molecular weight is 337 g/mol. The van der Waals surface area contributed by atoms with E-state index in [1.807, 2.05) is 6.07 Å². The van der Waals surface area contributed by atoms with Crippen molar-refractivity contribution in [1.29, 1.82) is 0 Å². The van der Waals surface area contributed by atoms with E-state index in [4.69, 9.17) is 9.84 Å². The number of aromatic nitrogens is 1. The molecule has 0 bridgehead atoms. The Kier molecular flexibility index (Phi) is 4.57. The lowest BCUT2D eigenvalue weighted by molar-refractivity contribution is 0.0697. The molecule has 1 aromatic heterocycles. The molecule has 0 radical (unpaired) electrons. The first-order valence-corrected chi connectivity index (χ1v) is 6.65. The standard InChI is InChI=1S/C14H13BrN2O3/c1-20-13-5-2-9(8-17-13)7-16-12-4-3-10(14(18)19)6-11(12)15/h2-6,8,16H,7H2,1H3,(H,18,19). The van der Waals surface area contributed by atoms with Gasteiger partial charge in [-0.25, -0.2) is 9.78 Å². The molecule has 0 aliphatic rings. The topological polar surface area (TPSA) is 71.5 Å². The highest BCUT2D eigenvalue weighted by Gasteiger charge is 2.06.